The number of nitrogens with zero attached hydrogens (tertiary/aromatic N) is 4. The fourth-order valence-corrected chi connectivity index (χ4v) is 2.26. The van der Waals surface area contributed by atoms with Gasteiger partial charge in [0.25, 0.3) is 0 Å². The largest absolute Gasteiger partial charge is 0.328 e. The van der Waals surface area contributed by atoms with E-state index in [0.717, 1.165) is 23.0 Å². The molecule has 0 aromatic carbocycles. The van der Waals surface area contributed by atoms with Crippen molar-refractivity contribution < 1.29 is 0 Å². The van der Waals surface area contributed by atoms with Crippen molar-refractivity contribution in [2.45, 2.75) is 13.1 Å². The van der Waals surface area contributed by atoms with Gasteiger partial charge in [0, 0.05) is 0 Å². The summed E-state index contributed by atoms with van der Waals surface area (Å²) in [5.74, 6) is 1.72. The van der Waals surface area contributed by atoms with E-state index in [1.54, 1.807) is 12.4 Å². The van der Waals surface area contributed by atoms with Gasteiger partial charge in [-0.25, -0.2) is 4.98 Å². The molecular weight excluding hydrogens is 248 g/mol. The highest BCUT2D eigenvalue weighted by atomic mass is 15.2. The molecule has 0 saturated heterocycles. The van der Waals surface area contributed by atoms with E-state index in [4.69, 9.17) is 0 Å². The number of hydrogen-bond donors (Lipinski definition) is 0. The van der Waals surface area contributed by atoms with E-state index in [9.17, 15) is 0 Å². The smallest absolute Gasteiger partial charge is 0.135 e. The van der Waals surface area contributed by atoms with Crippen molar-refractivity contribution in [1.29, 1.82) is 0 Å². The summed E-state index contributed by atoms with van der Waals surface area (Å²) in [7, 11) is 0. The standard InChI is InChI=1S/C16H16N4/c1-3-19-11-13-7-5-8-14(17-13)12-20(4-2)16-10-6-9-15(19)18-16/h3-10H,1-2,11-12H2. The second-order valence-electron chi connectivity index (χ2n) is 4.60. The molecule has 4 nitrogen and oxygen atoms in total. The first kappa shape index (κ1) is 12.4. The lowest BCUT2D eigenvalue weighted by Gasteiger charge is -2.25. The quantitative estimate of drug-likeness (QED) is 0.834. The van der Waals surface area contributed by atoms with Gasteiger partial charge in [-0.2, -0.15) is 0 Å². The third-order valence-corrected chi connectivity index (χ3v) is 3.28. The van der Waals surface area contributed by atoms with Gasteiger partial charge in [-0.05, 0) is 36.7 Å². The van der Waals surface area contributed by atoms with Crippen LogP contribution in [0.1, 0.15) is 11.4 Å². The van der Waals surface area contributed by atoms with Crippen LogP contribution in [0.2, 0.25) is 0 Å². The van der Waals surface area contributed by atoms with Gasteiger partial charge in [-0.1, -0.05) is 25.3 Å². The lowest BCUT2D eigenvalue weighted by Crippen LogP contribution is -2.23. The van der Waals surface area contributed by atoms with Crippen LogP contribution in [0.3, 0.4) is 0 Å². The van der Waals surface area contributed by atoms with Crippen molar-refractivity contribution >= 4 is 11.6 Å². The molecule has 0 fully saturated rings. The SMILES string of the molecule is C=CN1Cc2cccc(n2)CN(C=C)c2cccc1n2. The zero-order valence-electron chi connectivity index (χ0n) is 11.2. The highest BCUT2D eigenvalue weighted by Crippen LogP contribution is 2.22. The second kappa shape index (κ2) is 5.17. The summed E-state index contributed by atoms with van der Waals surface area (Å²) in [6, 6.07) is 12.0. The van der Waals surface area contributed by atoms with Gasteiger partial charge in [0.15, 0.2) is 0 Å². The molecule has 4 bridgehead atoms. The molecule has 3 heterocycles. The van der Waals surface area contributed by atoms with E-state index in [2.05, 4.69) is 23.1 Å². The molecule has 20 heavy (non-hydrogen) atoms. The summed E-state index contributed by atoms with van der Waals surface area (Å²) >= 11 is 0. The molecule has 2 aromatic rings. The lowest BCUT2D eigenvalue weighted by molar-refractivity contribution is 0.830. The molecule has 0 saturated carbocycles. The maximum absolute atomic E-state index is 4.67. The molecule has 0 aliphatic carbocycles. The van der Waals surface area contributed by atoms with Crippen LogP contribution >= 0.6 is 0 Å². The molecule has 1 aliphatic heterocycles. The van der Waals surface area contributed by atoms with Crippen LogP contribution in [0.15, 0.2) is 62.0 Å². The summed E-state index contributed by atoms with van der Waals surface area (Å²) in [6.45, 7) is 9.07. The molecule has 0 N–H and O–H groups in total. The van der Waals surface area contributed by atoms with Crippen LogP contribution in [0.4, 0.5) is 11.6 Å². The number of fused-ring (bicyclic) bond motifs is 4. The van der Waals surface area contributed by atoms with E-state index in [0.29, 0.717) is 13.1 Å². The Hall–Kier alpha value is -2.62. The van der Waals surface area contributed by atoms with E-state index in [1.165, 1.54) is 0 Å². The molecule has 4 heteroatoms. The fourth-order valence-electron chi connectivity index (χ4n) is 2.26. The number of pyridine rings is 2. The first-order valence-corrected chi connectivity index (χ1v) is 6.50. The molecular formula is C16H16N4. The topological polar surface area (TPSA) is 32.3 Å². The lowest BCUT2D eigenvalue weighted by atomic mass is 10.2. The third-order valence-electron chi connectivity index (χ3n) is 3.28. The molecule has 100 valence electrons. The minimum absolute atomic E-state index is 0.669. The Balaban J connectivity index is 2.13. The van der Waals surface area contributed by atoms with Gasteiger partial charge < -0.3 is 9.80 Å². The van der Waals surface area contributed by atoms with Crippen molar-refractivity contribution in [3.63, 3.8) is 0 Å². The molecule has 0 unspecified atom stereocenters. The first-order chi connectivity index (χ1) is 9.80. The predicted octanol–water partition coefficient (Wildman–Crippen LogP) is 3.09. The first-order valence-electron chi connectivity index (χ1n) is 6.50. The maximum Gasteiger partial charge on any atom is 0.135 e. The highest BCUT2D eigenvalue weighted by molar-refractivity contribution is 5.52. The Kier molecular flexibility index (Phi) is 3.21. The average molecular weight is 264 g/mol. The zero-order chi connectivity index (χ0) is 13.9. The van der Waals surface area contributed by atoms with Crippen molar-refractivity contribution in [3.05, 3.63) is 73.3 Å². The molecule has 0 amide bonds. The zero-order valence-corrected chi connectivity index (χ0v) is 11.2. The Morgan fingerprint density at radius 3 is 1.80 bits per heavy atom. The number of anilines is 2. The molecule has 1 aliphatic rings. The van der Waals surface area contributed by atoms with Crippen molar-refractivity contribution in [1.82, 2.24) is 9.97 Å². The summed E-state index contributed by atoms with van der Waals surface area (Å²) in [6.07, 6.45) is 3.56. The Morgan fingerprint density at radius 1 is 0.800 bits per heavy atom. The Labute approximate surface area is 118 Å². The van der Waals surface area contributed by atoms with E-state index >= 15 is 0 Å². The van der Waals surface area contributed by atoms with Gasteiger partial charge in [0.05, 0.1) is 24.5 Å². The molecule has 2 aromatic heterocycles. The Morgan fingerprint density at radius 2 is 1.30 bits per heavy atom. The monoisotopic (exact) mass is 264 g/mol. The van der Waals surface area contributed by atoms with Crippen molar-refractivity contribution in [3.8, 4) is 0 Å². The van der Waals surface area contributed by atoms with Gasteiger partial charge in [0.1, 0.15) is 11.6 Å². The molecule has 0 atom stereocenters. The van der Waals surface area contributed by atoms with E-state index in [-0.39, 0.29) is 0 Å². The number of aromatic nitrogens is 2. The van der Waals surface area contributed by atoms with Crippen LogP contribution < -0.4 is 9.80 Å². The van der Waals surface area contributed by atoms with Crippen LogP contribution in [0.5, 0.6) is 0 Å². The summed E-state index contributed by atoms with van der Waals surface area (Å²) in [5.41, 5.74) is 2.00. The van der Waals surface area contributed by atoms with Gasteiger partial charge in [0.2, 0.25) is 0 Å². The van der Waals surface area contributed by atoms with E-state index in [1.807, 2.05) is 46.2 Å². The predicted molar refractivity (Wildman–Crippen MR) is 81.2 cm³/mol. The average Bonchev–Trinajstić information content (AvgIpc) is 2.50. The van der Waals surface area contributed by atoms with Crippen LogP contribution in [-0.2, 0) is 13.1 Å². The van der Waals surface area contributed by atoms with Gasteiger partial charge >= 0.3 is 0 Å². The summed E-state index contributed by atoms with van der Waals surface area (Å²) in [5, 5.41) is 0. The summed E-state index contributed by atoms with van der Waals surface area (Å²) in [4.78, 5) is 13.3. The Bertz CT molecular complexity index is 602. The minimum Gasteiger partial charge on any atom is -0.328 e. The summed E-state index contributed by atoms with van der Waals surface area (Å²) < 4.78 is 0. The van der Waals surface area contributed by atoms with E-state index < -0.39 is 0 Å². The fraction of sp³-hybridized carbons (Fsp3) is 0.125. The molecule has 3 rings (SSSR count). The maximum atomic E-state index is 4.67. The molecule has 0 radical (unpaired) electrons. The number of rotatable bonds is 2. The van der Waals surface area contributed by atoms with Gasteiger partial charge in [-0.15, -0.1) is 0 Å². The minimum atomic E-state index is 0.669. The van der Waals surface area contributed by atoms with Crippen LogP contribution in [-0.4, -0.2) is 9.97 Å². The third kappa shape index (κ3) is 2.28. The van der Waals surface area contributed by atoms with Crippen LogP contribution in [0.25, 0.3) is 0 Å². The second-order valence-corrected chi connectivity index (χ2v) is 4.60. The van der Waals surface area contributed by atoms with Crippen LogP contribution in [0, 0.1) is 0 Å². The normalized spacial score (nSPS) is 13.8. The number of hydrogen-bond acceptors (Lipinski definition) is 4. The van der Waals surface area contributed by atoms with Crippen molar-refractivity contribution in [2.24, 2.45) is 0 Å². The van der Waals surface area contributed by atoms with Gasteiger partial charge in [-0.3, -0.25) is 4.98 Å². The molecule has 0 spiro atoms. The van der Waals surface area contributed by atoms with Crippen molar-refractivity contribution in [2.75, 3.05) is 9.80 Å². The highest BCUT2D eigenvalue weighted by Gasteiger charge is 2.13.